The minimum Gasteiger partial charge on any atom is -0.260 e. The highest BCUT2D eigenvalue weighted by Crippen LogP contribution is 2.37. The number of pyridine rings is 1. The van der Waals surface area contributed by atoms with Gasteiger partial charge in [-0.25, -0.2) is 0 Å². The lowest BCUT2D eigenvalue weighted by molar-refractivity contribution is 0.373. The summed E-state index contributed by atoms with van der Waals surface area (Å²) in [7, 11) is 0. The van der Waals surface area contributed by atoms with Crippen LogP contribution < -0.4 is 0 Å². The summed E-state index contributed by atoms with van der Waals surface area (Å²) in [5.74, 6) is 0. The SMILES string of the molecule is CC(C)(C)c1ccc(C(C)(C)CCC(C)(C)c2ccc(C(C)(C)C)nc2)cc1. The zero-order chi connectivity index (χ0) is 21.4. The summed E-state index contributed by atoms with van der Waals surface area (Å²) in [4.78, 5) is 4.75. The van der Waals surface area contributed by atoms with Crippen molar-refractivity contribution in [2.75, 3.05) is 0 Å². The molecule has 0 aliphatic heterocycles. The van der Waals surface area contributed by atoms with E-state index >= 15 is 0 Å². The van der Waals surface area contributed by atoms with Crippen molar-refractivity contribution in [3.05, 3.63) is 65.0 Å². The Hall–Kier alpha value is -1.63. The first-order valence-corrected chi connectivity index (χ1v) is 10.7. The molecule has 1 heteroatoms. The Morgan fingerprint density at radius 3 is 1.36 bits per heavy atom. The van der Waals surface area contributed by atoms with E-state index in [1.54, 1.807) is 0 Å². The Labute approximate surface area is 174 Å². The molecule has 0 saturated carbocycles. The standard InChI is InChI=1S/C27H41N/c1-24(2,3)20-11-13-21(14-12-20)26(7,8)17-18-27(9,10)22-15-16-23(28-19-22)25(4,5)6/h11-16,19H,17-18H2,1-10H3. The molecule has 0 aliphatic carbocycles. The Morgan fingerprint density at radius 2 is 0.964 bits per heavy atom. The maximum absolute atomic E-state index is 4.75. The average Bonchev–Trinajstić information content (AvgIpc) is 2.59. The number of hydrogen-bond acceptors (Lipinski definition) is 1. The molecule has 0 bridgehead atoms. The van der Waals surface area contributed by atoms with E-state index in [1.165, 1.54) is 16.7 Å². The highest BCUT2D eigenvalue weighted by molar-refractivity contribution is 5.32. The van der Waals surface area contributed by atoms with E-state index in [0.717, 1.165) is 18.5 Å². The molecule has 0 unspecified atom stereocenters. The van der Waals surface area contributed by atoms with Crippen LogP contribution >= 0.6 is 0 Å². The summed E-state index contributed by atoms with van der Waals surface area (Å²) in [5, 5.41) is 0. The third-order valence-electron chi connectivity index (χ3n) is 6.22. The molecular formula is C27H41N. The van der Waals surface area contributed by atoms with Crippen molar-refractivity contribution in [2.45, 2.75) is 104 Å². The van der Waals surface area contributed by atoms with Crippen LogP contribution in [-0.2, 0) is 21.7 Å². The van der Waals surface area contributed by atoms with E-state index in [0.29, 0.717) is 0 Å². The topological polar surface area (TPSA) is 12.9 Å². The zero-order valence-corrected chi connectivity index (χ0v) is 19.9. The van der Waals surface area contributed by atoms with Crippen LogP contribution in [0.15, 0.2) is 42.6 Å². The Morgan fingerprint density at radius 1 is 0.536 bits per heavy atom. The second kappa shape index (κ2) is 7.65. The molecular weight excluding hydrogens is 338 g/mol. The van der Waals surface area contributed by atoms with Gasteiger partial charge in [0.05, 0.1) is 0 Å². The Balaban J connectivity index is 2.12. The number of hydrogen-bond donors (Lipinski definition) is 0. The third kappa shape index (κ3) is 5.46. The van der Waals surface area contributed by atoms with Crippen LogP contribution in [0.2, 0.25) is 0 Å². The summed E-state index contributed by atoms with van der Waals surface area (Å²) in [5.41, 5.74) is 5.90. The smallest absolute Gasteiger partial charge is 0.0457 e. The van der Waals surface area contributed by atoms with Crippen molar-refractivity contribution in [3.63, 3.8) is 0 Å². The predicted molar refractivity (Wildman–Crippen MR) is 123 cm³/mol. The monoisotopic (exact) mass is 379 g/mol. The number of benzene rings is 1. The fourth-order valence-electron chi connectivity index (χ4n) is 3.57. The van der Waals surface area contributed by atoms with Crippen LogP contribution in [0.5, 0.6) is 0 Å². The molecule has 2 aromatic rings. The van der Waals surface area contributed by atoms with E-state index in [-0.39, 0.29) is 21.7 Å². The number of nitrogens with zero attached hydrogens (tertiary/aromatic N) is 1. The maximum atomic E-state index is 4.75. The van der Waals surface area contributed by atoms with E-state index in [4.69, 9.17) is 4.98 Å². The quantitative estimate of drug-likeness (QED) is 0.518. The predicted octanol–water partition coefficient (Wildman–Crippen LogP) is 7.71. The Bertz CT molecular complexity index is 693. The van der Waals surface area contributed by atoms with E-state index in [9.17, 15) is 0 Å². The summed E-state index contributed by atoms with van der Waals surface area (Å²) in [6.07, 6.45) is 4.37. The largest absolute Gasteiger partial charge is 0.260 e. The van der Waals surface area contributed by atoms with Gasteiger partial charge in [-0.1, -0.05) is 99.6 Å². The van der Waals surface area contributed by atoms with Gasteiger partial charge in [-0.2, -0.15) is 0 Å². The van der Waals surface area contributed by atoms with Crippen molar-refractivity contribution in [2.24, 2.45) is 0 Å². The first-order chi connectivity index (χ1) is 12.6. The molecule has 0 saturated heterocycles. The molecule has 0 radical (unpaired) electrons. The van der Waals surface area contributed by atoms with Gasteiger partial charge >= 0.3 is 0 Å². The second-order valence-electron chi connectivity index (χ2n) is 11.8. The lowest BCUT2D eigenvalue weighted by Crippen LogP contribution is -2.25. The van der Waals surface area contributed by atoms with Gasteiger partial charge in [-0.3, -0.25) is 4.98 Å². The van der Waals surface area contributed by atoms with E-state index in [1.807, 2.05) is 0 Å². The number of rotatable bonds is 5. The summed E-state index contributed by atoms with van der Waals surface area (Å²) < 4.78 is 0. The summed E-state index contributed by atoms with van der Waals surface area (Å²) in [6.45, 7) is 22.9. The van der Waals surface area contributed by atoms with Crippen molar-refractivity contribution >= 4 is 0 Å². The molecule has 1 aromatic heterocycles. The summed E-state index contributed by atoms with van der Waals surface area (Å²) in [6, 6.07) is 13.7. The first-order valence-electron chi connectivity index (χ1n) is 10.7. The second-order valence-corrected chi connectivity index (χ2v) is 11.8. The molecule has 1 heterocycles. The summed E-state index contributed by atoms with van der Waals surface area (Å²) >= 11 is 0. The lowest BCUT2D eigenvalue weighted by atomic mass is 9.72. The van der Waals surface area contributed by atoms with Crippen LogP contribution in [0.3, 0.4) is 0 Å². The molecule has 0 atom stereocenters. The van der Waals surface area contributed by atoms with Gasteiger partial charge < -0.3 is 0 Å². The lowest BCUT2D eigenvalue weighted by Gasteiger charge is -2.32. The third-order valence-corrected chi connectivity index (χ3v) is 6.22. The molecule has 154 valence electrons. The van der Waals surface area contributed by atoms with Crippen LogP contribution in [-0.4, -0.2) is 4.98 Å². The highest BCUT2D eigenvalue weighted by atomic mass is 14.7. The molecule has 0 fully saturated rings. The van der Waals surface area contributed by atoms with Gasteiger partial charge in [0.2, 0.25) is 0 Å². The van der Waals surface area contributed by atoms with Crippen molar-refractivity contribution in [3.8, 4) is 0 Å². The molecule has 2 rings (SSSR count). The van der Waals surface area contributed by atoms with Gasteiger partial charge in [0, 0.05) is 17.3 Å². The average molecular weight is 380 g/mol. The minimum absolute atomic E-state index is 0.101. The van der Waals surface area contributed by atoms with Crippen molar-refractivity contribution < 1.29 is 0 Å². The minimum atomic E-state index is 0.101. The van der Waals surface area contributed by atoms with Crippen LogP contribution in [0.1, 0.15) is 104 Å². The van der Waals surface area contributed by atoms with Crippen molar-refractivity contribution in [1.29, 1.82) is 0 Å². The molecule has 0 spiro atoms. The number of aromatic nitrogens is 1. The first kappa shape index (κ1) is 22.7. The zero-order valence-electron chi connectivity index (χ0n) is 19.9. The maximum Gasteiger partial charge on any atom is 0.0457 e. The highest BCUT2D eigenvalue weighted by Gasteiger charge is 2.28. The van der Waals surface area contributed by atoms with Gasteiger partial charge in [0.25, 0.3) is 0 Å². The van der Waals surface area contributed by atoms with Gasteiger partial charge in [-0.05, 0) is 51.8 Å². The molecule has 0 aliphatic rings. The molecule has 0 N–H and O–H groups in total. The van der Waals surface area contributed by atoms with Crippen molar-refractivity contribution in [1.82, 2.24) is 4.98 Å². The molecule has 28 heavy (non-hydrogen) atoms. The van der Waals surface area contributed by atoms with Gasteiger partial charge in [0.1, 0.15) is 0 Å². The van der Waals surface area contributed by atoms with Crippen LogP contribution in [0.4, 0.5) is 0 Å². The fraction of sp³-hybridized carbons (Fsp3) is 0.593. The molecule has 1 nitrogen and oxygen atoms in total. The fourth-order valence-corrected chi connectivity index (χ4v) is 3.57. The van der Waals surface area contributed by atoms with E-state index < -0.39 is 0 Å². The Kier molecular flexibility index (Phi) is 6.19. The molecule has 1 aromatic carbocycles. The van der Waals surface area contributed by atoms with Crippen LogP contribution in [0, 0.1) is 0 Å². The van der Waals surface area contributed by atoms with Crippen LogP contribution in [0.25, 0.3) is 0 Å². The van der Waals surface area contributed by atoms with E-state index in [2.05, 4.69) is 112 Å². The van der Waals surface area contributed by atoms with Gasteiger partial charge in [-0.15, -0.1) is 0 Å². The normalized spacial score (nSPS) is 13.6. The molecule has 0 amide bonds. The van der Waals surface area contributed by atoms with Gasteiger partial charge in [0.15, 0.2) is 0 Å².